The molecule has 1 amide bonds. The molecule has 0 unspecified atom stereocenters. The smallest absolute Gasteiger partial charge is 0.234 e. The van der Waals surface area contributed by atoms with Crippen LogP contribution in [-0.2, 0) is 4.79 Å². The molecule has 0 fully saturated rings. The van der Waals surface area contributed by atoms with Gasteiger partial charge in [-0.3, -0.25) is 4.79 Å². The van der Waals surface area contributed by atoms with Crippen LogP contribution < -0.4 is 5.32 Å². The third-order valence-corrected chi connectivity index (χ3v) is 3.68. The highest BCUT2D eigenvalue weighted by atomic mass is 32.2. The zero-order chi connectivity index (χ0) is 12.5. The number of benzene rings is 1. The Balaban J connectivity index is 2.01. The molecule has 6 heteroatoms. The predicted octanol–water partition coefficient (Wildman–Crippen LogP) is 1.99. The van der Waals surface area contributed by atoms with E-state index in [9.17, 15) is 4.79 Å². The Morgan fingerprint density at radius 1 is 1.44 bits per heavy atom. The number of imidazole rings is 1. The third kappa shape index (κ3) is 1.85. The number of rotatable bonds is 1. The topological polar surface area (TPSA) is 81.6 Å². The highest BCUT2D eigenvalue weighted by molar-refractivity contribution is 8.00. The van der Waals surface area contributed by atoms with Crippen LogP contribution in [0.25, 0.3) is 11.3 Å². The molecule has 2 N–H and O–H groups in total. The monoisotopic (exact) mass is 256 g/mol. The lowest BCUT2D eigenvalue weighted by molar-refractivity contribution is -0.113. The van der Waals surface area contributed by atoms with Crippen molar-refractivity contribution in [2.75, 3.05) is 11.1 Å². The summed E-state index contributed by atoms with van der Waals surface area (Å²) in [5.74, 6) is 0.739. The third-order valence-electron chi connectivity index (χ3n) is 2.61. The number of carbonyl (C=O) groups is 1. The first-order chi connectivity index (χ1) is 8.76. The average Bonchev–Trinajstić information content (AvgIpc) is 2.86. The number of anilines is 1. The standard InChI is InChI=1S/C12H8N4OS/c13-4-11-14-5-9(15-11)7-1-2-10-8(3-7)16-12(17)6-18-10/h1-3,5H,6H2,(H,14,15)(H,16,17). The fraction of sp³-hybridized carbons (Fsp3) is 0.0833. The van der Waals surface area contributed by atoms with E-state index in [0.29, 0.717) is 5.75 Å². The largest absolute Gasteiger partial charge is 0.329 e. The van der Waals surface area contributed by atoms with Crippen LogP contribution in [0.3, 0.4) is 0 Å². The zero-order valence-corrected chi connectivity index (χ0v) is 10.0. The van der Waals surface area contributed by atoms with Crippen LogP contribution in [-0.4, -0.2) is 21.6 Å². The molecule has 1 aliphatic heterocycles. The summed E-state index contributed by atoms with van der Waals surface area (Å²) in [6.07, 6.45) is 1.61. The first-order valence-corrected chi connectivity index (χ1v) is 6.27. The van der Waals surface area contributed by atoms with Crippen molar-refractivity contribution in [2.24, 2.45) is 0 Å². The van der Waals surface area contributed by atoms with Crippen LogP contribution in [0.5, 0.6) is 0 Å². The quantitative estimate of drug-likeness (QED) is 0.817. The summed E-state index contributed by atoms with van der Waals surface area (Å²) in [5, 5.41) is 11.6. The molecule has 0 saturated carbocycles. The predicted molar refractivity (Wildman–Crippen MR) is 68.1 cm³/mol. The Bertz CT molecular complexity index is 671. The molecule has 0 aliphatic carbocycles. The van der Waals surface area contributed by atoms with Gasteiger partial charge in [0.2, 0.25) is 11.7 Å². The number of hydrogen-bond donors (Lipinski definition) is 2. The summed E-state index contributed by atoms with van der Waals surface area (Å²) in [5.41, 5.74) is 2.46. The number of amides is 1. The number of hydrogen-bond acceptors (Lipinski definition) is 4. The number of nitrogens with one attached hydrogen (secondary N) is 2. The van der Waals surface area contributed by atoms with Crippen LogP contribution >= 0.6 is 11.8 Å². The van der Waals surface area contributed by atoms with Crippen molar-refractivity contribution in [3.63, 3.8) is 0 Å². The number of aromatic nitrogens is 2. The maximum absolute atomic E-state index is 11.3. The Labute approximate surface area is 107 Å². The molecule has 5 nitrogen and oxygen atoms in total. The lowest BCUT2D eigenvalue weighted by atomic mass is 10.1. The number of aromatic amines is 1. The Morgan fingerprint density at radius 2 is 2.33 bits per heavy atom. The van der Waals surface area contributed by atoms with Gasteiger partial charge in [-0.15, -0.1) is 11.8 Å². The number of nitrogens with zero attached hydrogens (tertiary/aromatic N) is 2. The second kappa shape index (κ2) is 4.20. The van der Waals surface area contributed by atoms with E-state index in [2.05, 4.69) is 15.3 Å². The van der Waals surface area contributed by atoms with Gasteiger partial charge in [0.05, 0.1) is 23.3 Å². The van der Waals surface area contributed by atoms with Crippen LogP contribution in [0.2, 0.25) is 0 Å². The molecule has 0 saturated heterocycles. The van der Waals surface area contributed by atoms with Gasteiger partial charge in [0.1, 0.15) is 6.07 Å². The Hall–Kier alpha value is -2.26. The van der Waals surface area contributed by atoms with Crippen molar-refractivity contribution in [3.8, 4) is 17.3 Å². The Kier molecular flexibility index (Phi) is 2.54. The summed E-state index contributed by atoms with van der Waals surface area (Å²) in [6.45, 7) is 0. The maximum Gasteiger partial charge on any atom is 0.234 e. The minimum Gasteiger partial charge on any atom is -0.329 e. The molecule has 88 valence electrons. The minimum absolute atomic E-state index is 0.00646. The van der Waals surface area contributed by atoms with Crippen LogP contribution in [0.15, 0.2) is 29.3 Å². The van der Waals surface area contributed by atoms with E-state index < -0.39 is 0 Å². The van der Waals surface area contributed by atoms with Crippen LogP contribution in [0, 0.1) is 11.3 Å². The summed E-state index contributed by atoms with van der Waals surface area (Å²) < 4.78 is 0. The minimum atomic E-state index is 0.00646. The lowest BCUT2D eigenvalue weighted by Crippen LogP contribution is -2.18. The maximum atomic E-state index is 11.3. The molecule has 1 aliphatic rings. The van der Waals surface area contributed by atoms with E-state index in [1.165, 1.54) is 11.8 Å². The van der Waals surface area contributed by atoms with E-state index in [-0.39, 0.29) is 11.7 Å². The van der Waals surface area contributed by atoms with Gasteiger partial charge in [0, 0.05) is 10.5 Å². The van der Waals surface area contributed by atoms with Crippen molar-refractivity contribution >= 4 is 23.4 Å². The first kappa shape index (κ1) is 10.9. The van der Waals surface area contributed by atoms with Crippen molar-refractivity contribution in [1.29, 1.82) is 5.26 Å². The van der Waals surface area contributed by atoms with Crippen molar-refractivity contribution < 1.29 is 4.79 Å². The van der Waals surface area contributed by atoms with Gasteiger partial charge in [-0.1, -0.05) is 6.07 Å². The zero-order valence-electron chi connectivity index (χ0n) is 9.23. The molecule has 18 heavy (non-hydrogen) atoms. The van der Waals surface area contributed by atoms with Gasteiger partial charge in [-0.25, -0.2) is 4.98 Å². The normalized spacial score (nSPS) is 13.6. The van der Waals surface area contributed by atoms with Crippen LogP contribution in [0.1, 0.15) is 5.82 Å². The molecule has 2 heterocycles. The Morgan fingerprint density at radius 3 is 3.11 bits per heavy atom. The molecule has 1 aromatic carbocycles. The summed E-state index contributed by atoms with van der Waals surface area (Å²) in [6, 6.07) is 7.73. The fourth-order valence-corrected chi connectivity index (χ4v) is 2.56. The molecule has 0 atom stereocenters. The van der Waals surface area contributed by atoms with Gasteiger partial charge in [0.15, 0.2) is 0 Å². The number of thioether (sulfide) groups is 1. The molecule has 0 bridgehead atoms. The van der Waals surface area contributed by atoms with E-state index in [0.717, 1.165) is 21.8 Å². The summed E-state index contributed by atoms with van der Waals surface area (Å²) in [7, 11) is 0. The highest BCUT2D eigenvalue weighted by Gasteiger charge is 2.16. The van der Waals surface area contributed by atoms with Gasteiger partial charge in [0.25, 0.3) is 0 Å². The van der Waals surface area contributed by atoms with Crippen molar-refractivity contribution in [1.82, 2.24) is 9.97 Å². The molecule has 0 radical (unpaired) electrons. The average molecular weight is 256 g/mol. The number of nitriles is 1. The molecular formula is C12H8N4OS. The molecule has 1 aromatic heterocycles. The van der Waals surface area contributed by atoms with E-state index in [1.54, 1.807) is 6.20 Å². The second-order valence-corrected chi connectivity index (χ2v) is 4.82. The van der Waals surface area contributed by atoms with Gasteiger partial charge < -0.3 is 10.3 Å². The molecule has 0 spiro atoms. The number of H-pyrrole nitrogens is 1. The van der Waals surface area contributed by atoms with E-state index in [4.69, 9.17) is 5.26 Å². The molecule has 3 rings (SSSR count). The van der Waals surface area contributed by atoms with Gasteiger partial charge >= 0.3 is 0 Å². The van der Waals surface area contributed by atoms with Gasteiger partial charge in [-0.2, -0.15) is 5.26 Å². The first-order valence-electron chi connectivity index (χ1n) is 5.28. The van der Waals surface area contributed by atoms with Crippen molar-refractivity contribution in [3.05, 3.63) is 30.2 Å². The number of fused-ring (bicyclic) bond motifs is 1. The SMILES string of the molecule is N#Cc1ncc(-c2ccc3c(c2)NC(=O)CS3)[nH]1. The second-order valence-electron chi connectivity index (χ2n) is 3.81. The van der Waals surface area contributed by atoms with Gasteiger partial charge in [-0.05, 0) is 12.1 Å². The molecular weight excluding hydrogens is 248 g/mol. The van der Waals surface area contributed by atoms with E-state index in [1.807, 2.05) is 24.3 Å². The highest BCUT2D eigenvalue weighted by Crippen LogP contribution is 2.34. The van der Waals surface area contributed by atoms with Crippen LogP contribution in [0.4, 0.5) is 5.69 Å². The molecule has 2 aromatic rings. The van der Waals surface area contributed by atoms with E-state index >= 15 is 0 Å². The summed E-state index contributed by atoms with van der Waals surface area (Å²) in [4.78, 5) is 19.2. The van der Waals surface area contributed by atoms with Crippen molar-refractivity contribution in [2.45, 2.75) is 4.90 Å². The fourth-order valence-electron chi connectivity index (χ4n) is 1.78. The lowest BCUT2D eigenvalue weighted by Gasteiger charge is -2.16. The number of carbonyl (C=O) groups excluding carboxylic acids is 1. The summed E-state index contributed by atoms with van der Waals surface area (Å²) >= 11 is 1.52.